The van der Waals surface area contributed by atoms with E-state index in [1.165, 1.54) is 36.3 Å². The van der Waals surface area contributed by atoms with Crippen LogP contribution in [0.1, 0.15) is 26.3 Å². The molecule has 0 saturated heterocycles. The summed E-state index contributed by atoms with van der Waals surface area (Å²) >= 11 is 0. The fraction of sp³-hybridized carbons (Fsp3) is 0.286. The number of anilines is 1. The van der Waals surface area contributed by atoms with Crippen LogP contribution in [0, 0.1) is 5.82 Å². The number of amides is 2. The number of carbonyl (C=O) groups is 2. The predicted molar refractivity (Wildman–Crippen MR) is 144 cm³/mol. The second-order valence-electron chi connectivity index (χ2n) is 9.01. The van der Waals surface area contributed by atoms with Gasteiger partial charge in [-0.25, -0.2) is 12.8 Å². The molecule has 10 heteroatoms. The maximum atomic E-state index is 13.8. The average molecular weight is 542 g/mol. The molecule has 1 atom stereocenters. The van der Waals surface area contributed by atoms with E-state index >= 15 is 0 Å². The van der Waals surface area contributed by atoms with E-state index in [4.69, 9.17) is 4.74 Å². The van der Waals surface area contributed by atoms with E-state index in [9.17, 15) is 22.4 Å². The van der Waals surface area contributed by atoms with E-state index in [1.807, 2.05) is 13.8 Å². The number of benzene rings is 3. The van der Waals surface area contributed by atoms with Crippen LogP contribution >= 0.6 is 0 Å². The van der Waals surface area contributed by atoms with Gasteiger partial charge in [0.05, 0.1) is 17.7 Å². The SMILES string of the molecule is COc1cccc(CN(C(=O)CN(c2ccc(F)cc2)S(=O)(=O)c2ccccc2)[C@@H](C)C(=O)NC(C)C)c1. The lowest BCUT2D eigenvalue weighted by atomic mass is 10.1. The number of carbonyl (C=O) groups excluding carboxylic acids is 2. The van der Waals surface area contributed by atoms with Gasteiger partial charge in [-0.2, -0.15) is 0 Å². The van der Waals surface area contributed by atoms with Crippen molar-refractivity contribution in [2.75, 3.05) is 18.0 Å². The molecule has 3 rings (SSSR count). The lowest BCUT2D eigenvalue weighted by molar-refractivity contribution is -0.139. The molecule has 0 saturated carbocycles. The normalized spacial score (nSPS) is 12.1. The van der Waals surface area contributed by atoms with Gasteiger partial charge in [0.2, 0.25) is 11.8 Å². The standard InChI is InChI=1S/C28H32FN3O5S/c1-20(2)30-28(34)21(3)31(18-22-9-8-10-25(17-22)37-4)27(33)19-32(24-15-13-23(29)14-16-24)38(35,36)26-11-6-5-7-12-26/h5-17,20-21H,18-19H2,1-4H3,(H,30,34)/t21-/m0/s1. The summed E-state index contributed by atoms with van der Waals surface area (Å²) in [4.78, 5) is 28.0. The zero-order valence-electron chi connectivity index (χ0n) is 21.8. The molecule has 0 aliphatic carbocycles. The smallest absolute Gasteiger partial charge is 0.264 e. The number of ether oxygens (including phenoxy) is 1. The Morgan fingerprint density at radius 2 is 1.61 bits per heavy atom. The minimum Gasteiger partial charge on any atom is -0.497 e. The number of sulfonamides is 1. The van der Waals surface area contributed by atoms with Gasteiger partial charge in [0.15, 0.2) is 0 Å². The van der Waals surface area contributed by atoms with Gasteiger partial charge in [0.1, 0.15) is 24.2 Å². The first kappa shape index (κ1) is 28.6. The van der Waals surface area contributed by atoms with Crippen LogP contribution in [0.3, 0.4) is 0 Å². The molecule has 38 heavy (non-hydrogen) atoms. The Bertz CT molecular complexity index is 1350. The van der Waals surface area contributed by atoms with Gasteiger partial charge >= 0.3 is 0 Å². The third-order valence-corrected chi connectivity index (χ3v) is 7.60. The van der Waals surface area contributed by atoms with Gasteiger partial charge < -0.3 is 15.0 Å². The van der Waals surface area contributed by atoms with E-state index in [2.05, 4.69) is 5.32 Å². The second kappa shape index (κ2) is 12.6. The van der Waals surface area contributed by atoms with Crippen molar-refractivity contribution >= 4 is 27.5 Å². The van der Waals surface area contributed by atoms with E-state index in [1.54, 1.807) is 49.4 Å². The Balaban J connectivity index is 2.02. The van der Waals surface area contributed by atoms with Crippen molar-refractivity contribution in [3.05, 3.63) is 90.2 Å². The van der Waals surface area contributed by atoms with E-state index in [-0.39, 0.29) is 29.1 Å². The summed E-state index contributed by atoms with van der Waals surface area (Å²) in [6, 6.07) is 18.5. The van der Waals surface area contributed by atoms with Crippen molar-refractivity contribution < 1.29 is 27.1 Å². The number of nitrogens with one attached hydrogen (secondary N) is 1. The lowest BCUT2D eigenvalue weighted by Gasteiger charge is -2.32. The summed E-state index contributed by atoms with van der Waals surface area (Å²) in [6.07, 6.45) is 0. The summed E-state index contributed by atoms with van der Waals surface area (Å²) in [5, 5.41) is 2.80. The predicted octanol–water partition coefficient (Wildman–Crippen LogP) is 3.97. The molecule has 1 N–H and O–H groups in total. The van der Waals surface area contributed by atoms with Crippen LogP contribution in [0.25, 0.3) is 0 Å². The third kappa shape index (κ3) is 7.10. The number of halogens is 1. The minimum atomic E-state index is -4.20. The molecule has 0 aliphatic rings. The molecule has 0 unspecified atom stereocenters. The van der Waals surface area contributed by atoms with Crippen LogP contribution in [0.4, 0.5) is 10.1 Å². The monoisotopic (exact) mass is 541 g/mol. The molecule has 202 valence electrons. The first-order valence-electron chi connectivity index (χ1n) is 12.1. The molecular formula is C28H32FN3O5S. The molecule has 0 bridgehead atoms. The summed E-state index contributed by atoms with van der Waals surface area (Å²) in [6.45, 7) is 4.63. The Labute approximate surface area is 223 Å². The van der Waals surface area contributed by atoms with Crippen molar-refractivity contribution in [1.29, 1.82) is 0 Å². The van der Waals surface area contributed by atoms with Crippen LogP contribution in [0.5, 0.6) is 5.75 Å². The summed E-state index contributed by atoms with van der Waals surface area (Å²) in [5.41, 5.74) is 0.811. The van der Waals surface area contributed by atoms with Gasteiger partial charge in [0.25, 0.3) is 10.0 Å². The fourth-order valence-electron chi connectivity index (χ4n) is 3.81. The summed E-state index contributed by atoms with van der Waals surface area (Å²) in [7, 11) is -2.68. The molecule has 0 spiro atoms. The van der Waals surface area contributed by atoms with E-state index < -0.39 is 34.3 Å². The molecule has 0 radical (unpaired) electrons. The second-order valence-corrected chi connectivity index (χ2v) is 10.9. The Morgan fingerprint density at radius 1 is 0.947 bits per heavy atom. The third-order valence-electron chi connectivity index (χ3n) is 5.81. The molecule has 0 heterocycles. The van der Waals surface area contributed by atoms with Crippen molar-refractivity contribution in [3.8, 4) is 5.75 Å². The topological polar surface area (TPSA) is 96.0 Å². The minimum absolute atomic E-state index is 0.0259. The van der Waals surface area contributed by atoms with Crippen LogP contribution in [0.15, 0.2) is 83.8 Å². The van der Waals surface area contributed by atoms with Gasteiger partial charge in [-0.3, -0.25) is 13.9 Å². The van der Waals surface area contributed by atoms with Gasteiger partial charge in [-0.1, -0.05) is 30.3 Å². The number of hydrogen-bond donors (Lipinski definition) is 1. The number of nitrogens with zero attached hydrogens (tertiary/aromatic N) is 2. The number of rotatable bonds is 11. The van der Waals surface area contributed by atoms with Crippen molar-refractivity contribution in [1.82, 2.24) is 10.2 Å². The highest BCUT2D eigenvalue weighted by Gasteiger charge is 2.32. The van der Waals surface area contributed by atoms with Crippen LogP contribution in [0.2, 0.25) is 0 Å². The molecule has 0 fully saturated rings. The molecule has 3 aromatic carbocycles. The van der Waals surface area contributed by atoms with E-state index in [0.29, 0.717) is 11.3 Å². The molecule has 2 amide bonds. The van der Waals surface area contributed by atoms with Gasteiger partial charge in [-0.15, -0.1) is 0 Å². The molecular weight excluding hydrogens is 509 g/mol. The molecule has 8 nitrogen and oxygen atoms in total. The van der Waals surface area contributed by atoms with Crippen LogP contribution in [-0.4, -0.2) is 50.9 Å². The van der Waals surface area contributed by atoms with Crippen LogP contribution < -0.4 is 14.4 Å². The molecule has 0 aliphatic heterocycles. The Kier molecular flexibility index (Phi) is 9.46. The number of hydrogen-bond acceptors (Lipinski definition) is 5. The van der Waals surface area contributed by atoms with E-state index in [0.717, 1.165) is 16.4 Å². The summed E-state index contributed by atoms with van der Waals surface area (Å²) < 4.78 is 47.1. The Morgan fingerprint density at radius 3 is 2.21 bits per heavy atom. The molecule has 3 aromatic rings. The zero-order chi connectivity index (χ0) is 27.9. The summed E-state index contributed by atoms with van der Waals surface area (Å²) in [5.74, 6) is -0.955. The largest absolute Gasteiger partial charge is 0.497 e. The van der Waals surface area contributed by atoms with Gasteiger partial charge in [0, 0.05) is 12.6 Å². The van der Waals surface area contributed by atoms with Crippen LogP contribution in [-0.2, 0) is 26.2 Å². The first-order valence-corrected chi connectivity index (χ1v) is 13.5. The number of methoxy groups -OCH3 is 1. The van der Waals surface area contributed by atoms with Gasteiger partial charge in [-0.05, 0) is 74.9 Å². The molecule has 0 aromatic heterocycles. The van der Waals surface area contributed by atoms with Crippen molar-refractivity contribution in [2.45, 2.75) is 44.3 Å². The quantitative estimate of drug-likeness (QED) is 0.396. The highest BCUT2D eigenvalue weighted by atomic mass is 32.2. The van der Waals surface area contributed by atoms with Crippen molar-refractivity contribution in [3.63, 3.8) is 0 Å². The lowest BCUT2D eigenvalue weighted by Crippen LogP contribution is -2.52. The zero-order valence-corrected chi connectivity index (χ0v) is 22.6. The van der Waals surface area contributed by atoms with Crippen molar-refractivity contribution in [2.24, 2.45) is 0 Å². The fourth-order valence-corrected chi connectivity index (χ4v) is 5.25. The Hall–Kier alpha value is -3.92. The first-order chi connectivity index (χ1) is 18.0. The average Bonchev–Trinajstić information content (AvgIpc) is 2.90. The highest BCUT2D eigenvalue weighted by molar-refractivity contribution is 7.92. The maximum absolute atomic E-state index is 13.8. The highest BCUT2D eigenvalue weighted by Crippen LogP contribution is 2.25. The maximum Gasteiger partial charge on any atom is 0.264 e.